The van der Waals surface area contributed by atoms with Gasteiger partial charge in [0.15, 0.2) is 0 Å². The standard InChI is InChI=1S/C23H38N5O2.CH3/c1-5-28(2,14-6-12-26-18-8-10-20(24)22(16-18)29-3)15-7-13-27-19-9-11-21(25)23(17-19)30-4;/h8-11,16-17,26-27H,5-7,12-15,24-25H2,1-4H3;1H3/q+1;-1. The van der Waals surface area contributed by atoms with Crippen LogP contribution in [-0.2, 0) is 0 Å². The number of hydrogen-bond acceptors (Lipinski definition) is 6. The zero-order valence-electron chi connectivity index (χ0n) is 19.8. The Morgan fingerprint density at radius 2 is 1.23 bits per heavy atom. The van der Waals surface area contributed by atoms with Gasteiger partial charge in [-0.3, -0.25) is 0 Å². The topological polar surface area (TPSA) is 94.6 Å². The number of benzene rings is 2. The van der Waals surface area contributed by atoms with Crippen LogP contribution < -0.4 is 31.6 Å². The van der Waals surface area contributed by atoms with Gasteiger partial charge in [-0.15, -0.1) is 0 Å². The highest BCUT2D eigenvalue weighted by atomic mass is 16.5. The molecular weight excluding hydrogens is 390 g/mol. The van der Waals surface area contributed by atoms with Crippen LogP contribution in [0, 0.1) is 7.43 Å². The molecule has 0 amide bonds. The fourth-order valence-electron chi connectivity index (χ4n) is 3.46. The monoisotopic (exact) mass is 431 g/mol. The molecule has 2 aromatic rings. The summed E-state index contributed by atoms with van der Waals surface area (Å²) in [5.74, 6) is 1.42. The molecule has 7 nitrogen and oxygen atoms in total. The van der Waals surface area contributed by atoms with Gasteiger partial charge in [0, 0.05) is 49.4 Å². The molecule has 0 unspecified atom stereocenters. The molecule has 0 radical (unpaired) electrons. The van der Waals surface area contributed by atoms with Crippen molar-refractivity contribution in [2.24, 2.45) is 0 Å². The summed E-state index contributed by atoms with van der Waals surface area (Å²) in [6, 6.07) is 11.6. The number of nitrogens with two attached hydrogens (primary N) is 2. The fourth-order valence-corrected chi connectivity index (χ4v) is 3.46. The molecule has 0 aromatic heterocycles. The molecule has 0 saturated carbocycles. The number of nitrogens with zero attached hydrogens (tertiary/aromatic N) is 1. The first kappa shape index (κ1) is 26.2. The highest BCUT2D eigenvalue weighted by Gasteiger charge is 2.18. The Morgan fingerprint density at radius 1 is 0.806 bits per heavy atom. The number of quaternary nitrogens is 1. The number of nitrogens with one attached hydrogen (secondary N) is 2. The van der Waals surface area contributed by atoms with Crippen molar-refractivity contribution in [2.45, 2.75) is 19.8 Å². The van der Waals surface area contributed by atoms with Crippen molar-refractivity contribution in [1.82, 2.24) is 0 Å². The van der Waals surface area contributed by atoms with Crippen molar-refractivity contribution in [3.8, 4) is 11.5 Å². The Balaban J connectivity index is 0.00000480. The lowest BCUT2D eigenvalue weighted by molar-refractivity contribution is -0.907. The second kappa shape index (κ2) is 12.8. The van der Waals surface area contributed by atoms with Crippen LogP contribution in [0.4, 0.5) is 22.7 Å². The third kappa shape index (κ3) is 8.09. The maximum absolute atomic E-state index is 5.87. The van der Waals surface area contributed by atoms with Crippen molar-refractivity contribution in [3.63, 3.8) is 0 Å². The van der Waals surface area contributed by atoms with Gasteiger partial charge < -0.3 is 43.5 Å². The summed E-state index contributed by atoms with van der Waals surface area (Å²) in [7, 11) is 5.61. The van der Waals surface area contributed by atoms with E-state index in [-0.39, 0.29) is 7.43 Å². The summed E-state index contributed by atoms with van der Waals surface area (Å²) in [4.78, 5) is 0. The van der Waals surface area contributed by atoms with Gasteiger partial charge in [0.25, 0.3) is 0 Å². The highest BCUT2D eigenvalue weighted by molar-refractivity contribution is 5.62. The Hall–Kier alpha value is -2.80. The van der Waals surface area contributed by atoms with Crippen molar-refractivity contribution in [3.05, 3.63) is 43.8 Å². The summed E-state index contributed by atoms with van der Waals surface area (Å²) in [5, 5.41) is 6.93. The van der Waals surface area contributed by atoms with E-state index in [0.29, 0.717) is 22.9 Å². The lowest BCUT2D eigenvalue weighted by Crippen LogP contribution is -2.46. The Morgan fingerprint density at radius 3 is 1.58 bits per heavy atom. The highest BCUT2D eigenvalue weighted by Crippen LogP contribution is 2.25. The minimum absolute atomic E-state index is 0. The van der Waals surface area contributed by atoms with Gasteiger partial charge in [-0.2, -0.15) is 0 Å². The lowest BCUT2D eigenvalue weighted by atomic mass is 10.2. The predicted octanol–water partition coefficient (Wildman–Crippen LogP) is 4.09. The normalized spacial score (nSPS) is 10.8. The van der Waals surface area contributed by atoms with Gasteiger partial charge in [0.05, 0.1) is 52.3 Å². The van der Waals surface area contributed by atoms with Crippen LogP contribution in [0.2, 0.25) is 0 Å². The van der Waals surface area contributed by atoms with E-state index in [4.69, 9.17) is 20.9 Å². The average Bonchev–Trinajstić information content (AvgIpc) is 2.76. The van der Waals surface area contributed by atoms with E-state index in [1.807, 2.05) is 36.4 Å². The average molecular weight is 432 g/mol. The smallest absolute Gasteiger partial charge is 0.143 e. The Labute approximate surface area is 188 Å². The number of methoxy groups -OCH3 is 2. The van der Waals surface area contributed by atoms with Gasteiger partial charge in [-0.05, 0) is 31.2 Å². The molecule has 0 atom stereocenters. The number of hydrogen-bond donors (Lipinski definition) is 4. The van der Waals surface area contributed by atoms with Crippen LogP contribution in [0.25, 0.3) is 0 Å². The van der Waals surface area contributed by atoms with E-state index in [1.54, 1.807) is 14.2 Å². The van der Waals surface area contributed by atoms with E-state index < -0.39 is 0 Å². The van der Waals surface area contributed by atoms with Crippen LogP contribution in [-0.4, -0.2) is 58.5 Å². The minimum atomic E-state index is 0. The maximum Gasteiger partial charge on any atom is 0.143 e. The van der Waals surface area contributed by atoms with Crippen LogP contribution in [0.15, 0.2) is 36.4 Å². The molecule has 31 heavy (non-hydrogen) atoms. The van der Waals surface area contributed by atoms with Gasteiger partial charge in [0.1, 0.15) is 11.5 Å². The van der Waals surface area contributed by atoms with E-state index in [9.17, 15) is 0 Å². The van der Waals surface area contributed by atoms with Gasteiger partial charge in [-0.25, -0.2) is 0 Å². The molecule has 0 bridgehead atoms. The molecule has 174 valence electrons. The number of ether oxygens (including phenoxy) is 2. The molecule has 2 rings (SSSR count). The molecule has 0 aliphatic carbocycles. The third-order valence-corrected chi connectivity index (χ3v) is 5.64. The molecule has 6 N–H and O–H groups in total. The zero-order chi connectivity index (χ0) is 22.0. The van der Waals surface area contributed by atoms with E-state index in [2.05, 4.69) is 24.6 Å². The molecule has 0 saturated heterocycles. The van der Waals surface area contributed by atoms with E-state index in [0.717, 1.165) is 61.4 Å². The first-order valence-electron chi connectivity index (χ1n) is 10.6. The number of nitrogen functional groups attached to an aromatic ring is 2. The summed E-state index contributed by atoms with van der Waals surface area (Å²) >= 11 is 0. The van der Waals surface area contributed by atoms with Gasteiger partial charge in [-0.1, -0.05) is 0 Å². The van der Waals surface area contributed by atoms with Crippen molar-refractivity contribution in [1.29, 1.82) is 0 Å². The maximum atomic E-state index is 5.87. The lowest BCUT2D eigenvalue weighted by Gasteiger charge is -2.33. The van der Waals surface area contributed by atoms with Crippen molar-refractivity contribution in [2.75, 3.05) is 76.1 Å². The summed E-state index contributed by atoms with van der Waals surface area (Å²) in [6.07, 6.45) is 2.19. The van der Waals surface area contributed by atoms with Crippen LogP contribution in [0.3, 0.4) is 0 Å². The summed E-state index contributed by atoms with van der Waals surface area (Å²) < 4.78 is 11.6. The SMILES string of the molecule is CC[N+](C)(CCCNc1ccc(N)c(OC)c1)CCCNc1ccc(N)c(OC)c1.[CH3-]. The van der Waals surface area contributed by atoms with Crippen LogP contribution >= 0.6 is 0 Å². The fraction of sp³-hybridized carbons (Fsp3) is 0.458. The molecule has 0 aliphatic rings. The number of anilines is 4. The minimum Gasteiger partial charge on any atom is -0.495 e. The molecule has 0 spiro atoms. The van der Waals surface area contributed by atoms with Crippen LogP contribution in [0.5, 0.6) is 11.5 Å². The summed E-state index contributed by atoms with van der Waals surface area (Å²) in [6.45, 7) is 7.48. The molecule has 2 aromatic carbocycles. The second-order valence-corrected chi connectivity index (χ2v) is 7.86. The number of rotatable bonds is 13. The zero-order valence-corrected chi connectivity index (χ0v) is 19.8. The molecular formula is C24H41N5O2. The molecule has 0 fully saturated rings. The van der Waals surface area contributed by atoms with Gasteiger partial charge in [0.2, 0.25) is 0 Å². The molecule has 7 heteroatoms. The second-order valence-electron chi connectivity index (χ2n) is 7.86. The van der Waals surface area contributed by atoms with Gasteiger partial charge >= 0.3 is 0 Å². The molecule has 0 aliphatic heterocycles. The van der Waals surface area contributed by atoms with Crippen LogP contribution in [0.1, 0.15) is 19.8 Å². The van der Waals surface area contributed by atoms with E-state index >= 15 is 0 Å². The summed E-state index contributed by atoms with van der Waals surface area (Å²) in [5.41, 5.74) is 15.1. The molecule has 0 heterocycles. The quantitative estimate of drug-likeness (QED) is 0.165. The Kier molecular flexibility index (Phi) is 10.8. The first-order valence-corrected chi connectivity index (χ1v) is 10.6. The van der Waals surface area contributed by atoms with E-state index in [1.165, 1.54) is 0 Å². The van der Waals surface area contributed by atoms with Crippen molar-refractivity contribution >= 4 is 22.7 Å². The third-order valence-electron chi connectivity index (χ3n) is 5.64. The van der Waals surface area contributed by atoms with Crippen molar-refractivity contribution < 1.29 is 14.0 Å². The predicted molar refractivity (Wildman–Crippen MR) is 134 cm³/mol. The first-order chi connectivity index (χ1) is 14.4. The largest absolute Gasteiger partial charge is 0.495 e. The Bertz CT molecular complexity index is 736.